The second-order valence-electron chi connectivity index (χ2n) is 3.03. The number of hydrogen-bond acceptors (Lipinski definition) is 4. The van der Waals surface area contributed by atoms with Crippen molar-refractivity contribution in [2.75, 3.05) is 0 Å². The van der Waals surface area contributed by atoms with Crippen LogP contribution in [-0.4, -0.2) is 16.2 Å². The molecule has 1 aromatic heterocycles. The van der Waals surface area contributed by atoms with Crippen molar-refractivity contribution in [2.45, 2.75) is 32.0 Å². The molecule has 1 aromatic rings. The number of aryl methyl sites for hydroxylation is 1. The van der Waals surface area contributed by atoms with E-state index in [4.69, 9.17) is 5.73 Å². The summed E-state index contributed by atoms with van der Waals surface area (Å²) in [6.45, 7) is 1.75. The summed E-state index contributed by atoms with van der Waals surface area (Å²) in [5.74, 6) is -1.27. The molecule has 0 saturated heterocycles. The van der Waals surface area contributed by atoms with Gasteiger partial charge in [0.1, 0.15) is 0 Å². The first-order valence-electron chi connectivity index (χ1n) is 4.05. The van der Waals surface area contributed by atoms with E-state index >= 15 is 0 Å². The average Bonchev–Trinajstić information content (AvgIpc) is 2.47. The first-order chi connectivity index (χ1) is 6.39. The molecule has 0 aromatic carbocycles. The van der Waals surface area contributed by atoms with E-state index in [2.05, 4.69) is 14.7 Å². The monoisotopic (exact) mass is 209 g/mol. The van der Waals surface area contributed by atoms with E-state index in [0.717, 1.165) is 0 Å². The van der Waals surface area contributed by atoms with Crippen LogP contribution in [0.1, 0.15) is 25.1 Å². The number of aromatic nitrogens is 2. The Kier molecular flexibility index (Phi) is 3.10. The van der Waals surface area contributed by atoms with Crippen molar-refractivity contribution in [3.8, 4) is 0 Å². The van der Waals surface area contributed by atoms with Gasteiger partial charge in [-0.2, -0.15) is 18.2 Å². The summed E-state index contributed by atoms with van der Waals surface area (Å²) in [6, 6.07) is -0.101. The van der Waals surface area contributed by atoms with E-state index in [0.29, 0.717) is 6.42 Å². The van der Waals surface area contributed by atoms with Gasteiger partial charge in [-0.15, -0.1) is 0 Å². The van der Waals surface area contributed by atoms with Gasteiger partial charge in [-0.1, -0.05) is 5.16 Å². The fourth-order valence-electron chi connectivity index (χ4n) is 0.823. The van der Waals surface area contributed by atoms with Crippen LogP contribution in [0.3, 0.4) is 0 Å². The molecule has 0 bridgehead atoms. The van der Waals surface area contributed by atoms with Crippen LogP contribution >= 0.6 is 0 Å². The molecule has 1 rings (SSSR count). The molecule has 80 valence electrons. The lowest BCUT2D eigenvalue weighted by molar-refractivity contribution is -0.146. The average molecular weight is 209 g/mol. The van der Waals surface area contributed by atoms with Crippen LogP contribution in [0.4, 0.5) is 13.2 Å². The molecule has 4 nitrogen and oxygen atoms in total. The lowest BCUT2D eigenvalue weighted by Crippen LogP contribution is -2.15. The third-order valence-corrected chi connectivity index (χ3v) is 1.54. The molecule has 1 atom stereocenters. The van der Waals surface area contributed by atoms with E-state index in [-0.39, 0.29) is 18.4 Å². The van der Waals surface area contributed by atoms with Crippen molar-refractivity contribution < 1.29 is 17.7 Å². The van der Waals surface area contributed by atoms with Gasteiger partial charge in [-0.3, -0.25) is 0 Å². The van der Waals surface area contributed by atoms with Crippen LogP contribution < -0.4 is 5.73 Å². The van der Waals surface area contributed by atoms with E-state index in [1.807, 2.05) is 0 Å². The SMILES string of the molecule is CC(N)CCc1nc(C(F)(F)F)no1. The highest BCUT2D eigenvalue weighted by atomic mass is 19.4. The van der Waals surface area contributed by atoms with Crippen LogP contribution in [0, 0.1) is 0 Å². The van der Waals surface area contributed by atoms with Crippen LogP contribution in [0.2, 0.25) is 0 Å². The zero-order valence-corrected chi connectivity index (χ0v) is 7.51. The minimum absolute atomic E-state index is 0.0328. The molecule has 0 radical (unpaired) electrons. The largest absolute Gasteiger partial charge is 0.455 e. The molecule has 0 spiro atoms. The Bertz CT molecular complexity index is 295. The molecular formula is C7H10F3N3O. The highest BCUT2D eigenvalue weighted by Crippen LogP contribution is 2.26. The number of rotatable bonds is 3. The Hall–Kier alpha value is -1.11. The maximum Gasteiger partial charge on any atom is 0.455 e. The first-order valence-corrected chi connectivity index (χ1v) is 4.05. The quantitative estimate of drug-likeness (QED) is 0.816. The predicted molar refractivity (Wildman–Crippen MR) is 41.3 cm³/mol. The van der Waals surface area contributed by atoms with Crippen LogP contribution in [0.15, 0.2) is 4.52 Å². The molecule has 0 aliphatic carbocycles. The summed E-state index contributed by atoms with van der Waals surface area (Å²) in [5.41, 5.74) is 5.42. The Balaban J connectivity index is 2.60. The third-order valence-electron chi connectivity index (χ3n) is 1.54. The minimum atomic E-state index is -4.55. The molecule has 0 aliphatic rings. The molecule has 2 N–H and O–H groups in total. The number of nitrogens with zero attached hydrogens (tertiary/aromatic N) is 2. The Morgan fingerprint density at radius 3 is 2.57 bits per heavy atom. The second kappa shape index (κ2) is 3.95. The van der Waals surface area contributed by atoms with E-state index in [9.17, 15) is 13.2 Å². The predicted octanol–water partition coefficient (Wildman–Crippen LogP) is 1.37. The van der Waals surface area contributed by atoms with Gasteiger partial charge in [0.2, 0.25) is 5.89 Å². The molecule has 1 unspecified atom stereocenters. The van der Waals surface area contributed by atoms with Crippen LogP contribution in [0.25, 0.3) is 0 Å². The molecular weight excluding hydrogens is 199 g/mol. The van der Waals surface area contributed by atoms with E-state index < -0.39 is 12.0 Å². The number of nitrogens with two attached hydrogens (primary N) is 1. The molecule has 14 heavy (non-hydrogen) atoms. The lowest BCUT2D eigenvalue weighted by atomic mass is 10.2. The summed E-state index contributed by atoms with van der Waals surface area (Å²) in [4.78, 5) is 3.20. The van der Waals surface area contributed by atoms with E-state index in [1.54, 1.807) is 6.92 Å². The smallest absolute Gasteiger partial charge is 0.339 e. The van der Waals surface area contributed by atoms with Crippen molar-refractivity contribution in [3.05, 3.63) is 11.7 Å². The highest BCUT2D eigenvalue weighted by Gasteiger charge is 2.37. The van der Waals surface area contributed by atoms with Crippen molar-refractivity contribution in [1.82, 2.24) is 10.1 Å². The zero-order chi connectivity index (χ0) is 10.8. The van der Waals surface area contributed by atoms with Gasteiger partial charge in [0.15, 0.2) is 0 Å². The fraction of sp³-hybridized carbons (Fsp3) is 0.714. The normalized spacial score (nSPS) is 14.4. The van der Waals surface area contributed by atoms with Gasteiger partial charge in [-0.25, -0.2) is 0 Å². The summed E-state index contributed by atoms with van der Waals surface area (Å²) >= 11 is 0. The topological polar surface area (TPSA) is 64.9 Å². The molecule has 7 heteroatoms. The highest BCUT2D eigenvalue weighted by molar-refractivity contribution is 4.91. The van der Waals surface area contributed by atoms with Gasteiger partial charge in [0.05, 0.1) is 0 Å². The lowest BCUT2D eigenvalue weighted by Gasteiger charge is -1.99. The molecule has 0 aliphatic heterocycles. The molecule has 0 amide bonds. The van der Waals surface area contributed by atoms with Crippen molar-refractivity contribution in [3.63, 3.8) is 0 Å². The summed E-state index contributed by atoms with van der Waals surface area (Å²) in [6.07, 6.45) is -3.77. The first kappa shape index (κ1) is 11.0. The standard InChI is InChI=1S/C7H10F3N3O/c1-4(11)2-3-5-12-6(13-14-5)7(8,9)10/h4H,2-3,11H2,1H3. The van der Waals surface area contributed by atoms with Gasteiger partial charge in [-0.05, 0) is 13.3 Å². The Labute approximate surface area is 78.3 Å². The number of halogens is 3. The number of hydrogen-bond donors (Lipinski definition) is 1. The van der Waals surface area contributed by atoms with Crippen LogP contribution in [0.5, 0.6) is 0 Å². The molecule has 0 saturated carbocycles. The van der Waals surface area contributed by atoms with Crippen molar-refractivity contribution >= 4 is 0 Å². The van der Waals surface area contributed by atoms with Crippen LogP contribution in [-0.2, 0) is 12.6 Å². The maximum absolute atomic E-state index is 12.0. The third kappa shape index (κ3) is 2.99. The van der Waals surface area contributed by atoms with Gasteiger partial charge in [0, 0.05) is 12.5 Å². The zero-order valence-electron chi connectivity index (χ0n) is 7.51. The molecule has 1 heterocycles. The number of alkyl halides is 3. The maximum atomic E-state index is 12.0. The minimum Gasteiger partial charge on any atom is -0.339 e. The van der Waals surface area contributed by atoms with Gasteiger partial charge in [0.25, 0.3) is 5.82 Å². The van der Waals surface area contributed by atoms with Crippen molar-refractivity contribution in [1.29, 1.82) is 0 Å². The Morgan fingerprint density at radius 2 is 2.14 bits per heavy atom. The summed E-state index contributed by atoms with van der Waals surface area (Å²) in [5, 5.41) is 2.81. The Morgan fingerprint density at radius 1 is 1.50 bits per heavy atom. The van der Waals surface area contributed by atoms with Crippen molar-refractivity contribution in [2.24, 2.45) is 5.73 Å². The second-order valence-corrected chi connectivity index (χ2v) is 3.03. The summed E-state index contributed by atoms with van der Waals surface area (Å²) < 4.78 is 40.4. The molecule has 0 fully saturated rings. The van der Waals surface area contributed by atoms with E-state index in [1.165, 1.54) is 0 Å². The summed E-state index contributed by atoms with van der Waals surface area (Å²) in [7, 11) is 0. The fourth-order valence-corrected chi connectivity index (χ4v) is 0.823. The van der Waals surface area contributed by atoms with Gasteiger partial charge >= 0.3 is 6.18 Å². The van der Waals surface area contributed by atoms with Gasteiger partial charge < -0.3 is 10.3 Å².